The number of carbonyl (C=O) groups excluding carboxylic acids is 1. The van der Waals surface area contributed by atoms with Crippen molar-refractivity contribution in [2.75, 3.05) is 13.2 Å². The zero-order valence-corrected chi connectivity index (χ0v) is 15.0. The number of hydrogen-bond acceptors (Lipinski definition) is 6. The van der Waals surface area contributed by atoms with E-state index in [1.807, 2.05) is 48.2 Å². The van der Waals surface area contributed by atoms with Gasteiger partial charge in [0.15, 0.2) is 5.82 Å². The highest BCUT2D eigenvalue weighted by Gasteiger charge is 2.33. The summed E-state index contributed by atoms with van der Waals surface area (Å²) in [5.74, 6) is 1.90. The monoisotopic (exact) mass is 364 g/mol. The first-order valence-corrected chi connectivity index (χ1v) is 8.96. The molecule has 0 spiro atoms. The minimum Gasteiger partial charge on any atom is -0.494 e. The van der Waals surface area contributed by atoms with Crippen molar-refractivity contribution < 1.29 is 14.1 Å². The summed E-state index contributed by atoms with van der Waals surface area (Å²) < 4.78 is 10.8. The van der Waals surface area contributed by atoms with Gasteiger partial charge in [-0.1, -0.05) is 17.3 Å². The number of rotatable bonds is 6. The van der Waals surface area contributed by atoms with Gasteiger partial charge in [-0.3, -0.25) is 9.78 Å². The SMILES string of the molecule is CCOc1ccc(CN2CC(c3noc(-c4ccncc4)n3)CC2=O)cc1. The third-order valence-corrected chi connectivity index (χ3v) is 4.56. The van der Waals surface area contributed by atoms with Gasteiger partial charge in [0.2, 0.25) is 5.91 Å². The van der Waals surface area contributed by atoms with E-state index in [0.29, 0.717) is 37.8 Å². The van der Waals surface area contributed by atoms with Gasteiger partial charge < -0.3 is 14.2 Å². The lowest BCUT2D eigenvalue weighted by Crippen LogP contribution is -2.24. The zero-order valence-electron chi connectivity index (χ0n) is 15.0. The Morgan fingerprint density at radius 2 is 1.96 bits per heavy atom. The summed E-state index contributed by atoms with van der Waals surface area (Å²) in [7, 11) is 0. The molecule has 1 aromatic carbocycles. The van der Waals surface area contributed by atoms with Crippen LogP contribution < -0.4 is 4.74 Å². The third-order valence-electron chi connectivity index (χ3n) is 4.56. The van der Waals surface area contributed by atoms with Crippen LogP contribution in [0.2, 0.25) is 0 Å². The fourth-order valence-corrected chi connectivity index (χ4v) is 3.19. The van der Waals surface area contributed by atoms with Crippen molar-refractivity contribution in [2.24, 2.45) is 0 Å². The normalized spacial score (nSPS) is 16.7. The minimum absolute atomic E-state index is 0.0560. The smallest absolute Gasteiger partial charge is 0.258 e. The van der Waals surface area contributed by atoms with Gasteiger partial charge in [-0.2, -0.15) is 4.98 Å². The number of aromatic nitrogens is 3. The molecular formula is C20H20N4O3. The van der Waals surface area contributed by atoms with Gasteiger partial charge in [0.25, 0.3) is 5.89 Å². The summed E-state index contributed by atoms with van der Waals surface area (Å²) in [6.45, 7) is 3.74. The van der Waals surface area contributed by atoms with E-state index >= 15 is 0 Å². The topological polar surface area (TPSA) is 81.3 Å². The molecule has 7 nitrogen and oxygen atoms in total. The van der Waals surface area contributed by atoms with Crippen LogP contribution >= 0.6 is 0 Å². The van der Waals surface area contributed by atoms with Crippen LogP contribution in [0.15, 0.2) is 53.3 Å². The van der Waals surface area contributed by atoms with Crippen molar-refractivity contribution in [1.29, 1.82) is 0 Å². The van der Waals surface area contributed by atoms with E-state index in [1.54, 1.807) is 12.4 Å². The fourth-order valence-electron chi connectivity index (χ4n) is 3.19. The van der Waals surface area contributed by atoms with E-state index < -0.39 is 0 Å². The largest absolute Gasteiger partial charge is 0.494 e. The standard InChI is InChI=1S/C20H20N4O3/c1-2-26-17-5-3-14(4-6-17)12-24-13-16(11-18(24)25)19-22-20(27-23-19)15-7-9-21-10-8-15/h3-10,16H,2,11-13H2,1H3. The Kier molecular flexibility index (Phi) is 4.82. The predicted molar refractivity (Wildman–Crippen MR) is 97.9 cm³/mol. The average Bonchev–Trinajstić information content (AvgIpc) is 3.32. The number of nitrogens with zero attached hydrogens (tertiary/aromatic N) is 4. The Labute approximate surface area is 157 Å². The molecule has 138 valence electrons. The van der Waals surface area contributed by atoms with Gasteiger partial charge in [-0.05, 0) is 36.8 Å². The molecule has 1 unspecified atom stereocenters. The van der Waals surface area contributed by atoms with Crippen LogP contribution in [0.3, 0.4) is 0 Å². The maximum atomic E-state index is 12.4. The molecule has 27 heavy (non-hydrogen) atoms. The molecule has 0 radical (unpaired) electrons. The number of ether oxygens (including phenoxy) is 1. The minimum atomic E-state index is -0.0560. The molecule has 0 saturated carbocycles. The third kappa shape index (κ3) is 3.81. The molecule has 1 saturated heterocycles. The van der Waals surface area contributed by atoms with Gasteiger partial charge in [-0.25, -0.2) is 0 Å². The molecule has 1 aliphatic heterocycles. The molecule has 1 amide bonds. The molecule has 1 aliphatic rings. The molecule has 0 bridgehead atoms. The Hall–Kier alpha value is -3.22. The summed E-state index contributed by atoms with van der Waals surface area (Å²) in [5, 5.41) is 4.08. The van der Waals surface area contributed by atoms with Crippen molar-refractivity contribution in [1.82, 2.24) is 20.0 Å². The Morgan fingerprint density at radius 1 is 1.19 bits per heavy atom. The van der Waals surface area contributed by atoms with Gasteiger partial charge >= 0.3 is 0 Å². The summed E-state index contributed by atoms with van der Waals surface area (Å²) in [6.07, 6.45) is 3.75. The van der Waals surface area contributed by atoms with Crippen LogP contribution in [-0.4, -0.2) is 39.1 Å². The van der Waals surface area contributed by atoms with Crippen LogP contribution in [-0.2, 0) is 11.3 Å². The molecular weight excluding hydrogens is 344 g/mol. The first-order valence-electron chi connectivity index (χ1n) is 8.96. The van der Waals surface area contributed by atoms with Crippen molar-refractivity contribution in [3.05, 3.63) is 60.2 Å². The molecule has 3 heterocycles. The fraction of sp³-hybridized carbons (Fsp3) is 0.300. The van der Waals surface area contributed by atoms with Gasteiger partial charge in [-0.15, -0.1) is 0 Å². The van der Waals surface area contributed by atoms with E-state index in [0.717, 1.165) is 16.9 Å². The summed E-state index contributed by atoms with van der Waals surface area (Å²) >= 11 is 0. The predicted octanol–water partition coefficient (Wildman–Crippen LogP) is 3.05. The van der Waals surface area contributed by atoms with Crippen LogP contribution in [0.5, 0.6) is 5.75 Å². The van der Waals surface area contributed by atoms with Crippen LogP contribution in [0.1, 0.15) is 30.7 Å². The maximum absolute atomic E-state index is 12.4. The number of amides is 1. The molecule has 7 heteroatoms. The Morgan fingerprint density at radius 3 is 2.70 bits per heavy atom. The Balaban J connectivity index is 1.42. The lowest BCUT2D eigenvalue weighted by atomic mass is 10.1. The highest BCUT2D eigenvalue weighted by molar-refractivity contribution is 5.79. The van der Waals surface area contributed by atoms with Crippen LogP contribution in [0.4, 0.5) is 0 Å². The van der Waals surface area contributed by atoms with Crippen molar-refractivity contribution in [3.63, 3.8) is 0 Å². The number of pyridine rings is 1. The Bertz CT molecular complexity index is 908. The molecule has 2 aromatic heterocycles. The maximum Gasteiger partial charge on any atom is 0.258 e. The number of likely N-dealkylation sites (tertiary alicyclic amines) is 1. The molecule has 0 N–H and O–H groups in total. The van der Waals surface area contributed by atoms with Gasteiger partial charge in [0.1, 0.15) is 5.75 Å². The molecule has 4 rings (SSSR count). The van der Waals surface area contributed by atoms with E-state index in [-0.39, 0.29) is 11.8 Å². The summed E-state index contributed by atoms with van der Waals surface area (Å²) in [4.78, 5) is 22.7. The van der Waals surface area contributed by atoms with Crippen LogP contribution in [0, 0.1) is 0 Å². The van der Waals surface area contributed by atoms with Crippen molar-refractivity contribution >= 4 is 5.91 Å². The van der Waals surface area contributed by atoms with Crippen LogP contribution in [0.25, 0.3) is 11.5 Å². The van der Waals surface area contributed by atoms with E-state index in [2.05, 4.69) is 15.1 Å². The highest BCUT2D eigenvalue weighted by atomic mass is 16.5. The van der Waals surface area contributed by atoms with E-state index in [1.165, 1.54) is 0 Å². The van der Waals surface area contributed by atoms with E-state index in [9.17, 15) is 4.79 Å². The average molecular weight is 364 g/mol. The summed E-state index contributed by atoms with van der Waals surface area (Å²) in [5.41, 5.74) is 1.89. The number of carbonyl (C=O) groups is 1. The summed E-state index contributed by atoms with van der Waals surface area (Å²) in [6, 6.07) is 11.5. The van der Waals surface area contributed by atoms with Crippen molar-refractivity contribution in [3.8, 4) is 17.2 Å². The second kappa shape index (κ2) is 7.57. The lowest BCUT2D eigenvalue weighted by Gasteiger charge is -2.16. The van der Waals surface area contributed by atoms with Crippen molar-refractivity contribution in [2.45, 2.75) is 25.8 Å². The number of hydrogen-bond donors (Lipinski definition) is 0. The lowest BCUT2D eigenvalue weighted by molar-refractivity contribution is -0.128. The van der Waals surface area contributed by atoms with Gasteiger partial charge in [0.05, 0.1) is 6.61 Å². The second-order valence-electron chi connectivity index (χ2n) is 6.45. The zero-order chi connectivity index (χ0) is 18.6. The van der Waals surface area contributed by atoms with E-state index in [4.69, 9.17) is 9.26 Å². The van der Waals surface area contributed by atoms with Gasteiger partial charge in [0, 0.05) is 43.4 Å². The molecule has 3 aromatic rings. The first-order chi connectivity index (χ1) is 13.2. The molecule has 0 aliphatic carbocycles. The second-order valence-corrected chi connectivity index (χ2v) is 6.45. The highest BCUT2D eigenvalue weighted by Crippen LogP contribution is 2.29. The quantitative estimate of drug-likeness (QED) is 0.669. The number of benzene rings is 1. The molecule has 1 fully saturated rings. The molecule has 1 atom stereocenters. The first kappa shape index (κ1) is 17.2.